The molecule has 0 amide bonds. The number of halogens is 1. The molecule has 0 spiro atoms. The Bertz CT molecular complexity index is 456. The van der Waals surface area contributed by atoms with Gasteiger partial charge in [-0.15, -0.1) is 0 Å². The average molecular weight is 207 g/mol. The van der Waals surface area contributed by atoms with Crippen molar-refractivity contribution in [1.82, 2.24) is 15.2 Å². The molecule has 0 saturated carbocycles. The van der Waals surface area contributed by atoms with Gasteiger partial charge < -0.3 is 5.11 Å². The lowest BCUT2D eigenvalue weighted by Gasteiger charge is -2.09. The van der Waals surface area contributed by atoms with Crippen molar-refractivity contribution in [3.8, 4) is 0 Å². The average Bonchev–Trinajstić information content (AvgIpc) is 2.74. The first-order chi connectivity index (χ1) is 7.18. The van der Waals surface area contributed by atoms with Crippen LogP contribution in [0.25, 0.3) is 0 Å². The first-order valence-electron chi connectivity index (χ1n) is 4.48. The molecule has 4 nitrogen and oxygen atoms in total. The second-order valence-corrected chi connectivity index (χ2v) is 3.30. The van der Waals surface area contributed by atoms with Crippen molar-refractivity contribution in [2.75, 3.05) is 0 Å². The summed E-state index contributed by atoms with van der Waals surface area (Å²) in [5.41, 5.74) is 1.08. The van der Waals surface area contributed by atoms with Crippen LogP contribution in [0.2, 0.25) is 0 Å². The Morgan fingerprint density at radius 2 is 2.27 bits per heavy atom. The number of aryl methyl sites for hydroxylation is 1. The zero-order valence-electron chi connectivity index (χ0n) is 8.11. The van der Waals surface area contributed by atoms with Crippen molar-refractivity contribution in [3.05, 3.63) is 47.3 Å². The zero-order valence-corrected chi connectivity index (χ0v) is 8.11. The summed E-state index contributed by atoms with van der Waals surface area (Å²) < 4.78 is 13.4. The lowest BCUT2D eigenvalue weighted by atomic mass is 10.1. The van der Waals surface area contributed by atoms with E-state index in [-0.39, 0.29) is 11.4 Å². The fraction of sp³-hybridized carbons (Fsp3) is 0.200. The molecule has 0 bridgehead atoms. The minimum Gasteiger partial charge on any atom is -0.380 e. The molecule has 1 heterocycles. The van der Waals surface area contributed by atoms with Gasteiger partial charge in [-0.1, -0.05) is 17.7 Å². The van der Waals surface area contributed by atoms with E-state index in [0.717, 1.165) is 5.56 Å². The van der Waals surface area contributed by atoms with Crippen LogP contribution < -0.4 is 0 Å². The number of aromatic nitrogens is 3. The third kappa shape index (κ3) is 1.87. The second-order valence-electron chi connectivity index (χ2n) is 3.30. The van der Waals surface area contributed by atoms with E-state index in [4.69, 9.17) is 0 Å². The molecule has 0 aliphatic carbocycles. The van der Waals surface area contributed by atoms with Crippen molar-refractivity contribution < 1.29 is 9.50 Å². The first-order valence-corrected chi connectivity index (χ1v) is 4.48. The molecule has 1 aromatic carbocycles. The van der Waals surface area contributed by atoms with Crippen LogP contribution in [-0.4, -0.2) is 20.3 Å². The van der Waals surface area contributed by atoms with Crippen LogP contribution in [0.3, 0.4) is 0 Å². The summed E-state index contributed by atoms with van der Waals surface area (Å²) >= 11 is 0. The van der Waals surface area contributed by atoms with E-state index in [1.165, 1.54) is 12.4 Å². The molecule has 1 aromatic heterocycles. The maximum Gasteiger partial charge on any atom is 0.157 e. The van der Waals surface area contributed by atoms with E-state index >= 15 is 0 Å². The Balaban J connectivity index is 2.41. The summed E-state index contributed by atoms with van der Waals surface area (Å²) in [5.74, 6) is -0.219. The SMILES string of the molecule is Cc1ccc(F)c(C(O)c2ncn[nH]2)c1. The number of H-pyrrole nitrogens is 1. The number of nitrogens with zero attached hydrogens (tertiary/aromatic N) is 2. The van der Waals surface area contributed by atoms with Gasteiger partial charge in [-0.05, 0) is 13.0 Å². The number of aromatic amines is 1. The van der Waals surface area contributed by atoms with Gasteiger partial charge in [0, 0.05) is 5.56 Å². The summed E-state index contributed by atoms with van der Waals surface area (Å²) in [6, 6.07) is 4.55. The smallest absolute Gasteiger partial charge is 0.157 e. The molecule has 0 radical (unpaired) electrons. The Morgan fingerprint density at radius 3 is 2.93 bits per heavy atom. The lowest BCUT2D eigenvalue weighted by Crippen LogP contribution is -2.05. The van der Waals surface area contributed by atoms with E-state index in [2.05, 4.69) is 15.2 Å². The fourth-order valence-electron chi connectivity index (χ4n) is 1.37. The van der Waals surface area contributed by atoms with Gasteiger partial charge >= 0.3 is 0 Å². The van der Waals surface area contributed by atoms with Crippen LogP contribution in [0.5, 0.6) is 0 Å². The van der Waals surface area contributed by atoms with Gasteiger partial charge in [0.05, 0.1) is 0 Å². The van der Waals surface area contributed by atoms with E-state index in [1.807, 2.05) is 6.92 Å². The Morgan fingerprint density at radius 1 is 1.47 bits per heavy atom. The van der Waals surface area contributed by atoms with Crippen LogP contribution in [0.15, 0.2) is 24.5 Å². The molecule has 0 saturated heterocycles. The molecule has 0 aliphatic heterocycles. The van der Waals surface area contributed by atoms with Crippen LogP contribution >= 0.6 is 0 Å². The molecule has 1 atom stereocenters. The van der Waals surface area contributed by atoms with E-state index < -0.39 is 11.9 Å². The molecule has 2 aromatic rings. The fourth-order valence-corrected chi connectivity index (χ4v) is 1.37. The third-order valence-corrected chi connectivity index (χ3v) is 2.14. The summed E-state index contributed by atoms with van der Waals surface area (Å²) in [4.78, 5) is 3.78. The largest absolute Gasteiger partial charge is 0.380 e. The van der Waals surface area contributed by atoms with Crippen molar-refractivity contribution >= 4 is 0 Å². The monoisotopic (exact) mass is 207 g/mol. The first kappa shape index (κ1) is 9.79. The normalized spacial score (nSPS) is 12.7. The highest BCUT2D eigenvalue weighted by atomic mass is 19.1. The highest BCUT2D eigenvalue weighted by Crippen LogP contribution is 2.22. The molecule has 2 N–H and O–H groups in total. The third-order valence-electron chi connectivity index (χ3n) is 2.14. The number of hydrogen-bond acceptors (Lipinski definition) is 3. The molecular weight excluding hydrogens is 197 g/mol. The van der Waals surface area contributed by atoms with Crippen LogP contribution in [0, 0.1) is 12.7 Å². The topological polar surface area (TPSA) is 61.8 Å². The number of aliphatic hydroxyl groups is 1. The highest BCUT2D eigenvalue weighted by molar-refractivity contribution is 5.28. The maximum atomic E-state index is 13.4. The molecule has 78 valence electrons. The predicted molar refractivity (Wildman–Crippen MR) is 51.6 cm³/mol. The maximum absolute atomic E-state index is 13.4. The number of benzene rings is 1. The molecule has 0 fully saturated rings. The predicted octanol–water partition coefficient (Wildman–Crippen LogP) is 1.33. The Hall–Kier alpha value is -1.75. The second kappa shape index (κ2) is 3.78. The molecule has 15 heavy (non-hydrogen) atoms. The lowest BCUT2D eigenvalue weighted by molar-refractivity contribution is 0.205. The van der Waals surface area contributed by atoms with Crippen molar-refractivity contribution in [2.45, 2.75) is 13.0 Å². The number of aliphatic hydroxyl groups excluding tert-OH is 1. The van der Waals surface area contributed by atoms with Gasteiger partial charge in [0.2, 0.25) is 0 Å². The van der Waals surface area contributed by atoms with Gasteiger partial charge in [-0.3, -0.25) is 5.10 Å². The summed E-state index contributed by atoms with van der Waals surface area (Å²) in [7, 11) is 0. The summed E-state index contributed by atoms with van der Waals surface area (Å²) in [6.45, 7) is 1.83. The highest BCUT2D eigenvalue weighted by Gasteiger charge is 2.17. The number of hydrogen-bond donors (Lipinski definition) is 2. The van der Waals surface area contributed by atoms with Gasteiger partial charge in [0.25, 0.3) is 0 Å². The van der Waals surface area contributed by atoms with Crippen LogP contribution in [0.4, 0.5) is 4.39 Å². The quantitative estimate of drug-likeness (QED) is 0.781. The Labute approximate surface area is 85.8 Å². The van der Waals surface area contributed by atoms with E-state index in [9.17, 15) is 9.50 Å². The van der Waals surface area contributed by atoms with Crippen molar-refractivity contribution in [2.24, 2.45) is 0 Å². The van der Waals surface area contributed by atoms with Crippen molar-refractivity contribution in [1.29, 1.82) is 0 Å². The van der Waals surface area contributed by atoms with E-state index in [0.29, 0.717) is 0 Å². The van der Waals surface area contributed by atoms with Gasteiger partial charge in [0.15, 0.2) is 5.82 Å². The van der Waals surface area contributed by atoms with E-state index in [1.54, 1.807) is 12.1 Å². The van der Waals surface area contributed by atoms with Gasteiger partial charge in [0.1, 0.15) is 18.2 Å². The minimum absolute atomic E-state index is 0.201. The minimum atomic E-state index is -1.10. The van der Waals surface area contributed by atoms with Gasteiger partial charge in [-0.25, -0.2) is 9.37 Å². The summed E-state index contributed by atoms with van der Waals surface area (Å²) in [6.07, 6.45) is 0.166. The number of rotatable bonds is 2. The Kier molecular flexibility index (Phi) is 2.47. The van der Waals surface area contributed by atoms with Crippen LogP contribution in [-0.2, 0) is 0 Å². The number of nitrogens with one attached hydrogen (secondary N) is 1. The molecule has 5 heteroatoms. The van der Waals surface area contributed by atoms with Crippen molar-refractivity contribution in [3.63, 3.8) is 0 Å². The molecule has 1 unspecified atom stereocenters. The summed E-state index contributed by atoms with van der Waals surface area (Å²) in [5, 5.41) is 15.9. The van der Waals surface area contributed by atoms with Crippen LogP contribution in [0.1, 0.15) is 23.1 Å². The van der Waals surface area contributed by atoms with Gasteiger partial charge in [-0.2, -0.15) is 5.10 Å². The molecule has 2 rings (SSSR count). The molecular formula is C10H10FN3O. The standard InChI is InChI=1S/C10H10FN3O/c1-6-2-3-8(11)7(4-6)9(15)10-12-5-13-14-10/h2-5,9,15H,1H3,(H,12,13,14). The zero-order chi connectivity index (χ0) is 10.8. The molecule has 0 aliphatic rings.